The average molecular weight is 374 g/mol. The summed E-state index contributed by atoms with van der Waals surface area (Å²) in [7, 11) is 0. The van der Waals surface area contributed by atoms with Crippen molar-refractivity contribution in [2.24, 2.45) is 5.92 Å². The van der Waals surface area contributed by atoms with Crippen molar-refractivity contribution in [3.8, 4) is 0 Å². The molecule has 1 aliphatic rings. The van der Waals surface area contributed by atoms with Crippen LogP contribution in [0.5, 0.6) is 0 Å². The van der Waals surface area contributed by atoms with Crippen LogP contribution >= 0.6 is 0 Å². The maximum atomic E-state index is 13.2. The third kappa shape index (κ3) is 5.53. The number of piperidine rings is 1. The Morgan fingerprint density at radius 3 is 1.82 bits per heavy atom. The van der Waals surface area contributed by atoms with Gasteiger partial charge in [-0.2, -0.15) is 0 Å². The van der Waals surface area contributed by atoms with Crippen LogP contribution in [0, 0.1) is 19.8 Å². The van der Waals surface area contributed by atoms with Crippen molar-refractivity contribution in [3.05, 3.63) is 81.9 Å². The fraction of sp³-hybridized carbons (Fsp3) is 0.346. The second kappa shape index (κ2) is 9.16. The molecule has 0 N–H and O–H groups in total. The minimum absolute atomic E-state index is 0.184. The average Bonchev–Trinajstić information content (AvgIpc) is 2.63. The van der Waals surface area contributed by atoms with Crippen LogP contribution in [-0.2, 0) is 4.79 Å². The van der Waals surface area contributed by atoms with E-state index in [1.807, 2.05) is 0 Å². The zero-order valence-corrected chi connectivity index (χ0v) is 17.5. The first-order valence-electron chi connectivity index (χ1n) is 10.2. The normalized spacial score (nSPS) is 18.4. The van der Waals surface area contributed by atoms with Crippen LogP contribution < -0.4 is 0 Å². The molecule has 28 heavy (non-hydrogen) atoms. The highest BCUT2D eigenvalue weighted by atomic mass is 16.1. The maximum Gasteiger partial charge on any atom is 0.187 e. The molecule has 0 atom stereocenters. The van der Waals surface area contributed by atoms with Crippen molar-refractivity contribution < 1.29 is 4.79 Å². The van der Waals surface area contributed by atoms with Gasteiger partial charge in [0.15, 0.2) is 5.78 Å². The molecule has 0 aliphatic carbocycles. The number of likely N-dealkylation sites (tertiary alicyclic amines) is 1. The first-order chi connectivity index (χ1) is 13.4. The summed E-state index contributed by atoms with van der Waals surface area (Å²) in [5.74, 6) is 0.842. The van der Waals surface area contributed by atoms with Gasteiger partial charge in [0, 0.05) is 24.2 Å². The first kappa shape index (κ1) is 20.3. The molecule has 1 saturated heterocycles. The molecule has 0 aromatic heterocycles. The summed E-state index contributed by atoms with van der Waals surface area (Å²) in [5.41, 5.74) is 6.40. The van der Waals surface area contributed by atoms with Gasteiger partial charge in [0.25, 0.3) is 0 Å². The second-order valence-corrected chi connectivity index (χ2v) is 8.39. The lowest BCUT2D eigenvalue weighted by atomic mass is 9.93. The van der Waals surface area contributed by atoms with E-state index in [2.05, 4.69) is 93.3 Å². The van der Waals surface area contributed by atoms with E-state index in [9.17, 15) is 4.79 Å². The second-order valence-electron chi connectivity index (χ2n) is 8.39. The highest BCUT2D eigenvalue weighted by molar-refractivity contribution is 6.14. The van der Waals surface area contributed by atoms with Crippen LogP contribution in [0.15, 0.2) is 59.7 Å². The summed E-state index contributed by atoms with van der Waals surface area (Å²) in [5, 5.41) is 0. The fourth-order valence-electron chi connectivity index (χ4n) is 3.63. The summed E-state index contributed by atoms with van der Waals surface area (Å²) in [6, 6.07) is 16.7. The predicted molar refractivity (Wildman–Crippen MR) is 119 cm³/mol. The third-order valence-corrected chi connectivity index (χ3v) is 5.16. The lowest BCUT2D eigenvalue weighted by Crippen LogP contribution is -2.38. The van der Waals surface area contributed by atoms with Gasteiger partial charge in [0.05, 0.1) is 0 Å². The van der Waals surface area contributed by atoms with Crippen LogP contribution in [0.1, 0.15) is 42.5 Å². The zero-order valence-electron chi connectivity index (χ0n) is 17.5. The number of aryl methyl sites for hydroxylation is 2. The zero-order chi connectivity index (χ0) is 20.1. The van der Waals surface area contributed by atoms with E-state index in [0.29, 0.717) is 5.92 Å². The molecule has 0 amide bonds. The van der Waals surface area contributed by atoms with E-state index in [-0.39, 0.29) is 5.78 Å². The Morgan fingerprint density at radius 1 is 0.893 bits per heavy atom. The fourth-order valence-corrected chi connectivity index (χ4v) is 3.63. The first-order valence-corrected chi connectivity index (χ1v) is 10.2. The SMILES string of the molecule is Cc1cccc(/C=C2\CN(CCC(C)C)C/C(=C\c3cccc(C)c3)C2=O)c1. The number of carbonyl (C=O) groups excluding carboxylic acids is 1. The summed E-state index contributed by atoms with van der Waals surface area (Å²) in [6.45, 7) is 11.1. The van der Waals surface area contributed by atoms with Gasteiger partial charge in [-0.05, 0) is 56.0 Å². The quantitative estimate of drug-likeness (QED) is 0.627. The molecular formula is C26H31NO. The van der Waals surface area contributed by atoms with E-state index in [1.54, 1.807) is 0 Å². The third-order valence-electron chi connectivity index (χ3n) is 5.16. The van der Waals surface area contributed by atoms with E-state index >= 15 is 0 Å². The number of nitrogens with zero attached hydrogens (tertiary/aromatic N) is 1. The van der Waals surface area contributed by atoms with E-state index in [0.717, 1.165) is 48.3 Å². The van der Waals surface area contributed by atoms with Crippen LogP contribution in [0.2, 0.25) is 0 Å². The van der Waals surface area contributed by atoms with E-state index in [4.69, 9.17) is 0 Å². The molecule has 3 rings (SSSR count). The molecule has 2 nitrogen and oxygen atoms in total. The Balaban J connectivity index is 1.93. The number of hydrogen-bond donors (Lipinski definition) is 0. The number of carbonyl (C=O) groups is 1. The van der Waals surface area contributed by atoms with Crippen molar-refractivity contribution in [3.63, 3.8) is 0 Å². The van der Waals surface area contributed by atoms with Crippen molar-refractivity contribution in [2.45, 2.75) is 34.1 Å². The molecule has 146 valence electrons. The Labute approximate surface area is 169 Å². The molecule has 0 radical (unpaired) electrons. The topological polar surface area (TPSA) is 20.3 Å². The monoisotopic (exact) mass is 373 g/mol. The number of hydrogen-bond acceptors (Lipinski definition) is 2. The molecule has 0 unspecified atom stereocenters. The molecule has 1 heterocycles. The molecule has 0 bridgehead atoms. The van der Waals surface area contributed by atoms with Gasteiger partial charge in [-0.15, -0.1) is 0 Å². The van der Waals surface area contributed by atoms with Gasteiger partial charge in [-0.3, -0.25) is 9.69 Å². The van der Waals surface area contributed by atoms with Crippen molar-refractivity contribution in [2.75, 3.05) is 19.6 Å². The number of benzene rings is 2. The van der Waals surface area contributed by atoms with E-state index < -0.39 is 0 Å². The molecule has 1 fully saturated rings. The number of rotatable bonds is 5. The Bertz CT molecular complexity index is 837. The highest BCUT2D eigenvalue weighted by Gasteiger charge is 2.26. The largest absolute Gasteiger partial charge is 0.295 e. The number of ketones is 1. The highest BCUT2D eigenvalue weighted by Crippen LogP contribution is 2.23. The smallest absolute Gasteiger partial charge is 0.187 e. The van der Waals surface area contributed by atoms with Crippen LogP contribution in [0.25, 0.3) is 12.2 Å². The van der Waals surface area contributed by atoms with E-state index in [1.165, 1.54) is 11.1 Å². The van der Waals surface area contributed by atoms with Gasteiger partial charge in [0.1, 0.15) is 0 Å². The molecule has 2 aromatic carbocycles. The van der Waals surface area contributed by atoms with Gasteiger partial charge in [-0.25, -0.2) is 0 Å². The molecule has 2 aromatic rings. The summed E-state index contributed by atoms with van der Waals surface area (Å²) in [6.07, 6.45) is 5.28. The predicted octanol–water partition coefficient (Wildman–Crippen LogP) is 5.70. The minimum atomic E-state index is 0.184. The molecular weight excluding hydrogens is 342 g/mol. The molecule has 1 aliphatic heterocycles. The van der Waals surface area contributed by atoms with Gasteiger partial charge in [-0.1, -0.05) is 73.5 Å². The van der Waals surface area contributed by atoms with Gasteiger partial charge >= 0.3 is 0 Å². The Hall–Kier alpha value is -2.45. The Morgan fingerprint density at radius 2 is 1.39 bits per heavy atom. The standard InChI is InChI=1S/C26H31NO/c1-19(2)11-12-27-17-24(15-22-9-5-7-20(3)13-22)26(28)25(18-27)16-23-10-6-8-21(4)14-23/h5-10,13-16,19H,11-12,17-18H2,1-4H3/b24-15+,25-16+. The summed E-state index contributed by atoms with van der Waals surface area (Å²) in [4.78, 5) is 15.6. The molecule has 0 spiro atoms. The summed E-state index contributed by atoms with van der Waals surface area (Å²) < 4.78 is 0. The lowest BCUT2D eigenvalue weighted by molar-refractivity contribution is -0.113. The van der Waals surface area contributed by atoms with Crippen LogP contribution in [0.4, 0.5) is 0 Å². The van der Waals surface area contributed by atoms with Crippen LogP contribution in [-0.4, -0.2) is 30.3 Å². The maximum absolute atomic E-state index is 13.2. The molecule has 0 saturated carbocycles. The van der Waals surface area contributed by atoms with Gasteiger partial charge < -0.3 is 0 Å². The minimum Gasteiger partial charge on any atom is -0.295 e. The lowest BCUT2D eigenvalue weighted by Gasteiger charge is -2.30. The van der Waals surface area contributed by atoms with Gasteiger partial charge in [0.2, 0.25) is 0 Å². The van der Waals surface area contributed by atoms with Crippen molar-refractivity contribution >= 4 is 17.9 Å². The van der Waals surface area contributed by atoms with Crippen molar-refractivity contribution in [1.82, 2.24) is 4.90 Å². The summed E-state index contributed by atoms with van der Waals surface area (Å²) >= 11 is 0. The van der Waals surface area contributed by atoms with Crippen molar-refractivity contribution in [1.29, 1.82) is 0 Å². The molecule has 2 heteroatoms. The van der Waals surface area contributed by atoms with Crippen LogP contribution in [0.3, 0.4) is 0 Å². The Kier molecular flexibility index (Phi) is 6.64. The number of Topliss-reactive ketones (excluding diaryl/α,β-unsaturated/α-hetero) is 1.